The van der Waals surface area contributed by atoms with Crippen LogP contribution in [0.5, 0.6) is 5.75 Å². The lowest BCUT2D eigenvalue weighted by atomic mass is 10.1. The van der Waals surface area contributed by atoms with Crippen LogP contribution in [0.25, 0.3) is 0 Å². The van der Waals surface area contributed by atoms with Gasteiger partial charge in [0.05, 0.1) is 37.3 Å². The third-order valence-corrected chi connectivity index (χ3v) is 3.88. The van der Waals surface area contributed by atoms with E-state index in [-0.39, 0.29) is 25.3 Å². The molecule has 0 aromatic carbocycles. The number of carbonyl (C=O) groups is 2. The molecule has 0 saturated heterocycles. The zero-order valence-corrected chi connectivity index (χ0v) is 13.4. The number of nitrogens with one attached hydrogen (secondary N) is 1. The number of carboxylic acids is 1. The van der Waals surface area contributed by atoms with Gasteiger partial charge < -0.3 is 24.8 Å². The number of hydrogen-bond donors (Lipinski definition) is 3. The second-order valence-electron chi connectivity index (χ2n) is 5.58. The summed E-state index contributed by atoms with van der Waals surface area (Å²) < 4.78 is 19.5. The van der Waals surface area contributed by atoms with Crippen molar-refractivity contribution in [3.63, 3.8) is 0 Å². The van der Waals surface area contributed by atoms with E-state index in [9.17, 15) is 23.9 Å². The fourth-order valence-electron chi connectivity index (χ4n) is 2.65. The molecule has 3 heterocycles. The number of aliphatic carboxylic acids is 1. The highest BCUT2D eigenvalue weighted by Gasteiger charge is 2.29. The van der Waals surface area contributed by atoms with Gasteiger partial charge in [-0.15, -0.1) is 0 Å². The predicted molar refractivity (Wildman–Crippen MR) is 84.1 cm³/mol. The first kappa shape index (κ1) is 17.5. The highest BCUT2D eigenvalue weighted by molar-refractivity contribution is 5.98. The average Bonchev–Trinajstić information content (AvgIpc) is 3.08. The molecule has 3 rings (SSSR count). The van der Waals surface area contributed by atoms with Gasteiger partial charge in [-0.2, -0.15) is 0 Å². The van der Waals surface area contributed by atoms with Crippen LogP contribution >= 0.6 is 0 Å². The lowest BCUT2D eigenvalue weighted by molar-refractivity contribution is -0.135. The molecule has 26 heavy (non-hydrogen) atoms. The molecule has 1 amide bonds. The van der Waals surface area contributed by atoms with Gasteiger partial charge in [-0.05, 0) is 12.1 Å². The second-order valence-corrected chi connectivity index (χ2v) is 5.58. The highest BCUT2D eigenvalue weighted by Crippen LogP contribution is 2.29. The van der Waals surface area contributed by atoms with Crippen LogP contribution in [0.3, 0.4) is 0 Å². The van der Waals surface area contributed by atoms with Crippen molar-refractivity contribution in [3.05, 3.63) is 57.0 Å². The Kier molecular flexibility index (Phi) is 4.67. The van der Waals surface area contributed by atoms with Crippen molar-refractivity contribution in [1.29, 1.82) is 0 Å². The van der Waals surface area contributed by atoms with E-state index in [1.807, 2.05) is 0 Å². The van der Waals surface area contributed by atoms with Crippen molar-refractivity contribution >= 4 is 11.9 Å². The maximum atomic E-state index is 13.0. The van der Waals surface area contributed by atoms with Crippen molar-refractivity contribution in [2.75, 3.05) is 6.54 Å². The van der Waals surface area contributed by atoms with E-state index in [1.54, 1.807) is 0 Å². The first-order valence-electron chi connectivity index (χ1n) is 7.54. The van der Waals surface area contributed by atoms with E-state index in [2.05, 4.69) is 10.3 Å². The van der Waals surface area contributed by atoms with Crippen LogP contribution in [0.1, 0.15) is 27.3 Å². The maximum absolute atomic E-state index is 13.0. The smallest absolute Gasteiger partial charge is 0.322 e. The molecule has 0 bridgehead atoms. The molecule has 136 valence electrons. The molecule has 0 aliphatic carbocycles. The van der Waals surface area contributed by atoms with Crippen LogP contribution in [0, 0.1) is 5.82 Å². The first-order valence-corrected chi connectivity index (χ1v) is 7.54. The van der Waals surface area contributed by atoms with Crippen molar-refractivity contribution < 1.29 is 28.9 Å². The maximum Gasteiger partial charge on any atom is 0.322 e. The van der Waals surface area contributed by atoms with Crippen LogP contribution in [0.2, 0.25) is 0 Å². The first-order chi connectivity index (χ1) is 12.4. The highest BCUT2D eigenvalue weighted by atomic mass is 19.1. The van der Waals surface area contributed by atoms with Gasteiger partial charge >= 0.3 is 5.97 Å². The number of halogens is 1. The fraction of sp³-hybridized carbons (Fsp3) is 0.250. The summed E-state index contributed by atoms with van der Waals surface area (Å²) in [7, 11) is 0. The van der Waals surface area contributed by atoms with Crippen molar-refractivity contribution in [2.45, 2.75) is 19.8 Å². The molecule has 0 saturated carbocycles. The molecule has 9 nitrogen and oxygen atoms in total. The zero-order valence-electron chi connectivity index (χ0n) is 13.4. The Morgan fingerprint density at radius 3 is 2.77 bits per heavy atom. The summed E-state index contributed by atoms with van der Waals surface area (Å²) in [5.74, 6) is -3.37. The summed E-state index contributed by atoms with van der Waals surface area (Å²) >= 11 is 0. The topological polar surface area (TPSA) is 131 Å². The molecule has 0 spiro atoms. The molecular formula is C16H14FN3O6. The lowest BCUT2D eigenvalue weighted by Crippen LogP contribution is -2.37. The van der Waals surface area contributed by atoms with E-state index in [1.165, 1.54) is 16.7 Å². The fourth-order valence-corrected chi connectivity index (χ4v) is 2.65. The summed E-state index contributed by atoms with van der Waals surface area (Å²) in [5, 5.41) is 21.0. The number of aromatic nitrogens is 2. The summed E-state index contributed by atoms with van der Waals surface area (Å²) in [6, 6.07) is 2.58. The van der Waals surface area contributed by atoms with Gasteiger partial charge in [0.15, 0.2) is 0 Å². The molecule has 1 aliphatic heterocycles. The van der Waals surface area contributed by atoms with E-state index in [0.717, 1.165) is 6.20 Å². The molecule has 0 fully saturated rings. The van der Waals surface area contributed by atoms with Gasteiger partial charge in [-0.3, -0.25) is 19.4 Å². The van der Waals surface area contributed by atoms with Gasteiger partial charge in [0.1, 0.15) is 23.7 Å². The number of fused-ring (bicyclic) bond motifs is 1. The molecule has 10 heteroatoms. The minimum Gasteiger partial charge on any atom is -0.506 e. The molecule has 2 aromatic rings. The molecular weight excluding hydrogens is 349 g/mol. The Bertz CT molecular complexity index is 938. The molecule has 0 atom stereocenters. The number of ether oxygens (including phenoxy) is 1. The van der Waals surface area contributed by atoms with Crippen LogP contribution in [0.4, 0.5) is 4.39 Å². The Morgan fingerprint density at radius 1 is 1.35 bits per heavy atom. The van der Waals surface area contributed by atoms with E-state index in [0.29, 0.717) is 11.4 Å². The van der Waals surface area contributed by atoms with Crippen LogP contribution in [-0.4, -0.2) is 38.2 Å². The molecule has 0 radical (unpaired) electrons. The molecule has 1 aliphatic rings. The van der Waals surface area contributed by atoms with Gasteiger partial charge in [0.2, 0.25) is 0 Å². The number of hydrogen-bond acceptors (Lipinski definition) is 6. The SMILES string of the molecule is O=C(O)CNC(=O)c1c(O)c2c(n(Cc3ccc(F)cn3)c1=O)COC2. The normalized spacial score (nSPS) is 12.7. The molecule has 0 unspecified atom stereocenters. The van der Waals surface area contributed by atoms with Gasteiger partial charge in [-0.25, -0.2) is 4.39 Å². The summed E-state index contributed by atoms with van der Waals surface area (Å²) in [5.41, 5.74) is -0.371. The number of pyridine rings is 2. The standard InChI is InChI=1S/C16H14FN3O6/c17-8-1-2-9(18-3-8)5-20-11-7-26-6-10(11)14(23)13(16(20)25)15(24)19-4-12(21)22/h1-3,23H,4-7H2,(H,19,24)(H,21,22). The van der Waals surface area contributed by atoms with E-state index < -0.39 is 41.1 Å². The number of aromatic hydroxyl groups is 1. The number of rotatable bonds is 5. The lowest BCUT2D eigenvalue weighted by Gasteiger charge is -2.15. The Morgan fingerprint density at radius 2 is 2.12 bits per heavy atom. The monoisotopic (exact) mass is 363 g/mol. The van der Waals surface area contributed by atoms with Gasteiger partial charge in [0, 0.05) is 5.56 Å². The minimum absolute atomic E-state index is 0.00248. The number of nitrogens with zero attached hydrogens (tertiary/aromatic N) is 2. The molecule has 3 N–H and O–H groups in total. The number of carboxylic acid groups (broad SMARTS) is 1. The van der Waals surface area contributed by atoms with Crippen LogP contribution in [-0.2, 0) is 29.3 Å². The van der Waals surface area contributed by atoms with Crippen molar-refractivity contribution in [2.24, 2.45) is 0 Å². The molecule has 2 aromatic heterocycles. The number of carbonyl (C=O) groups excluding carboxylic acids is 1. The Hall–Kier alpha value is -3.27. The van der Waals surface area contributed by atoms with Gasteiger partial charge in [0.25, 0.3) is 11.5 Å². The summed E-state index contributed by atoms with van der Waals surface area (Å²) in [6.07, 6.45) is 0.998. The van der Waals surface area contributed by atoms with Crippen LogP contribution < -0.4 is 10.9 Å². The minimum atomic E-state index is -1.29. The average molecular weight is 363 g/mol. The van der Waals surface area contributed by atoms with Crippen molar-refractivity contribution in [3.8, 4) is 5.75 Å². The van der Waals surface area contributed by atoms with E-state index in [4.69, 9.17) is 9.84 Å². The Labute approximate surface area is 145 Å². The largest absolute Gasteiger partial charge is 0.506 e. The Balaban J connectivity index is 2.06. The predicted octanol–water partition coefficient (Wildman–Crippen LogP) is -0.0191. The third kappa shape index (κ3) is 3.26. The van der Waals surface area contributed by atoms with Gasteiger partial charge in [-0.1, -0.05) is 0 Å². The van der Waals surface area contributed by atoms with Crippen molar-refractivity contribution in [1.82, 2.24) is 14.9 Å². The van der Waals surface area contributed by atoms with E-state index >= 15 is 0 Å². The second kappa shape index (κ2) is 6.92. The third-order valence-electron chi connectivity index (χ3n) is 3.88. The zero-order chi connectivity index (χ0) is 18.8. The summed E-state index contributed by atoms with van der Waals surface area (Å²) in [6.45, 7) is -0.719. The van der Waals surface area contributed by atoms with Crippen LogP contribution in [0.15, 0.2) is 23.1 Å². The quantitative estimate of drug-likeness (QED) is 0.680. The summed E-state index contributed by atoms with van der Waals surface area (Å²) in [4.78, 5) is 39.4. The number of amides is 1.